The monoisotopic (exact) mass is 435 g/mol. The maximum Gasteiger partial charge on any atom is 0.225 e. The molecule has 0 aliphatic carbocycles. The highest BCUT2D eigenvalue weighted by Crippen LogP contribution is 2.25. The first kappa shape index (κ1) is 17.7. The molecule has 0 bridgehead atoms. The van der Waals surface area contributed by atoms with Crippen LogP contribution in [0.15, 0.2) is 39.6 Å². The summed E-state index contributed by atoms with van der Waals surface area (Å²) in [6.45, 7) is 2.64. The highest BCUT2D eigenvalue weighted by Gasteiger charge is 2.25. The average molecular weight is 437 g/mol. The van der Waals surface area contributed by atoms with Crippen molar-refractivity contribution in [3.05, 3.63) is 45.8 Å². The number of nitrogens with zero attached hydrogens (tertiary/aromatic N) is 5. The Labute approximate surface area is 165 Å². The Morgan fingerprint density at radius 1 is 1.27 bits per heavy atom. The molecule has 1 aliphatic heterocycles. The molecule has 26 heavy (non-hydrogen) atoms. The number of hydrogen-bond acceptors (Lipinski definition) is 6. The minimum atomic E-state index is 0.493. The van der Waals surface area contributed by atoms with Crippen molar-refractivity contribution in [3.8, 4) is 0 Å². The van der Waals surface area contributed by atoms with E-state index in [-0.39, 0.29) is 0 Å². The van der Waals surface area contributed by atoms with Gasteiger partial charge in [0.15, 0.2) is 5.58 Å². The van der Waals surface area contributed by atoms with Crippen molar-refractivity contribution in [2.24, 2.45) is 0 Å². The highest BCUT2D eigenvalue weighted by atomic mass is 79.9. The summed E-state index contributed by atoms with van der Waals surface area (Å²) >= 11 is 9.49. The molecule has 0 saturated carbocycles. The molecule has 0 radical (unpaired) electrons. The maximum atomic E-state index is 6.11. The molecule has 3 aromatic rings. The van der Waals surface area contributed by atoms with Gasteiger partial charge in [0, 0.05) is 48.5 Å². The van der Waals surface area contributed by atoms with Crippen LogP contribution < -0.4 is 4.90 Å². The summed E-state index contributed by atoms with van der Waals surface area (Å²) in [6, 6.07) is 6.10. The van der Waals surface area contributed by atoms with Gasteiger partial charge in [-0.2, -0.15) is 0 Å². The summed E-state index contributed by atoms with van der Waals surface area (Å²) in [7, 11) is 2.14. The third-order valence-corrected chi connectivity index (χ3v) is 5.53. The molecule has 0 N–H and O–H groups in total. The SMILES string of the molecule is CN(Cc1noc2ccc(Cl)cc12)C1CCN(c2ncc(Br)cn2)CC1. The first-order chi connectivity index (χ1) is 12.6. The predicted octanol–water partition coefficient (Wildman–Crippen LogP) is 4.13. The molecule has 0 spiro atoms. The van der Waals surface area contributed by atoms with E-state index < -0.39 is 0 Å². The molecule has 1 fully saturated rings. The Kier molecular flexibility index (Phi) is 5.11. The van der Waals surface area contributed by atoms with E-state index in [0.29, 0.717) is 11.1 Å². The van der Waals surface area contributed by atoms with Crippen LogP contribution in [0.4, 0.5) is 5.95 Å². The number of rotatable bonds is 4. The number of anilines is 1. The van der Waals surface area contributed by atoms with Gasteiger partial charge in [-0.3, -0.25) is 4.90 Å². The Morgan fingerprint density at radius 2 is 2.00 bits per heavy atom. The second-order valence-electron chi connectivity index (χ2n) is 6.60. The van der Waals surface area contributed by atoms with Gasteiger partial charge in [0.25, 0.3) is 0 Å². The summed E-state index contributed by atoms with van der Waals surface area (Å²) in [5, 5.41) is 5.92. The van der Waals surface area contributed by atoms with E-state index >= 15 is 0 Å². The predicted molar refractivity (Wildman–Crippen MR) is 105 cm³/mol. The standard InChI is InChI=1S/C18H19BrClN5O/c1-24(11-16-15-8-13(20)2-3-17(15)26-23-16)14-4-6-25(7-5-14)18-21-9-12(19)10-22-18/h2-3,8-10,14H,4-7,11H2,1H3. The van der Waals surface area contributed by atoms with Crippen LogP contribution in [-0.2, 0) is 6.54 Å². The Bertz CT molecular complexity index is 892. The van der Waals surface area contributed by atoms with E-state index in [1.807, 2.05) is 18.2 Å². The van der Waals surface area contributed by atoms with Crippen molar-refractivity contribution in [2.45, 2.75) is 25.4 Å². The largest absolute Gasteiger partial charge is 0.356 e. The van der Waals surface area contributed by atoms with Crippen LogP contribution in [0.5, 0.6) is 0 Å². The van der Waals surface area contributed by atoms with Crippen LogP contribution in [0.1, 0.15) is 18.5 Å². The number of piperidine rings is 1. The number of fused-ring (bicyclic) bond motifs is 1. The van der Waals surface area contributed by atoms with Crippen LogP contribution in [0, 0.1) is 0 Å². The Morgan fingerprint density at radius 3 is 2.73 bits per heavy atom. The van der Waals surface area contributed by atoms with Gasteiger partial charge in [-0.15, -0.1) is 0 Å². The zero-order chi connectivity index (χ0) is 18.1. The van der Waals surface area contributed by atoms with E-state index in [4.69, 9.17) is 16.1 Å². The number of hydrogen-bond donors (Lipinski definition) is 0. The minimum Gasteiger partial charge on any atom is -0.356 e. The van der Waals surface area contributed by atoms with Gasteiger partial charge in [-0.05, 0) is 54.0 Å². The third-order valence-electron chi connectivity index (χ3n) is 4.88. The van der Waals surface area contributed by atoms with Gasteiger partial charge in [-0.25, -0.2) is 9.97 Å². The molecule has 0 amide bonds. The average Bonchev–Trinajstić information content (AvgIpc) is 3.04. The molecular formula is C18H19BrClN5O. The van der Waals surface area contributed by atoms with Crippen molar-refractivity contribution in [1.29, 1.82) is 0 Å². The van der Waals surface area contributed by atoms with Gasteiger partial charge in [0.05, 0.1) is 4.47 Å². The van der Waals surface area contributed by atoms with E-state index in [9.17, 15) is 0 Å². The number of halogens is 2. The summed E-state index contributed by atoms with van der Waals surface area (Å²) in [6.07, 6.45) is 5.71. The summed E-state index contributed by atoms with van der Waals surface area (Å²) in [5.74, 6) is 0.798. The van der Waals surface area contributed by atoms with Crippen molar-refractivity contribution < 1.29 is 4.52 Å². The highest BCUT2D eigenvalue weighted by molar-refractivity contribution is 9.10. The normalized spacial score (nSPS) is 15.9. The number of benzene rings is 1. The van der Waals surface area contributed by atoms with Gasteiger partial charge in [0.1, 0.15) is 5.69 Å². The molecule has 6 nitrogen and oxygen atoms in total. The van der Waals surface area contributed by atoms with Crippen molar-refractivity contribution in [1.82, 2.24) is 20.0 Å². The minimum absolute atomic E-state index is 0.493. The molecule has 8 heteroatoms. The van der Waals surface area contributed by atoms with Gasteiger partial charge < -0.3 is 9.42 Å². The van der Waals surface area contributed by atoms with Crippen LogP contribution >= 0.6 is 27.5 Å². The van der Waals surface area contributed by atoms with Gasteiger partial charge >= 0.3 is 0 Å². The van der Waals surface area contributed by atoms with E-state index in [1.165, 1.54) is 0 Å². The lowest BCUT2D eigenvalue weighted by molar-refractivity contribution is 0.195. The van der Waals surface area contributed by atoms with Crippen LogP contribution in [-0.4, -0.2) is 46.2 Å². The molecule has 4 rings (SSSR count). The quantitative estimate of drug-likeness (QED) is 0.613. The molecule has 2 aromatic heterocycles. The van der Waals surface area contributed by atoms with E-state index in [1.54, 1.807) is 12.4 Å². The van der Waals surface area contributed by atoms with Gasteiger partial charge in [-0.1, -0.05) is 16.8 Å². The molecule has 1 aliphatic rings. The van der Waals surface area contributed by atoms with Crippen molar-refractivity contribution >= 4 is 44.4 Å². The fourth-order valence-electron chi connectivity index (χ4n) is 3.42. The van der Waals surface area contributed by atoms with Crippen molar-refractivity contribution in [3.63, 3.8) is 0 Å². The molecule has 136 valence electrons. The second kappa shape index (κ2) is 7.50. The Hall–Kier alpha value is -1.70. The summed E-state index contributed by atoms with van der Waals surface area (Å²) < 4.78 is 6.31. The first-order valence-corrected chi connectivity index (χ1v) is 9.74. The third kappa shape index (κ3) is 3.70. The molecular weight excluding hydrogens is 418 g/mol. The van der Waals surface area contributed by atoms with Crippen LogP contribution in [0.2, 0.25) is 5.02 Å². The zero-order valence-corrected chi connectivity index (χ0v) is 16.7. The van der Waals surface area contributed by atoms with E-state index in [0.717, 1.165) is 59.6 Å². The van der Waals surface area contributed by atoms with Crippen molar-refractivity contribution in [2.75, 3.05) is 25.0 Å². The lowest BCUT2D eigenvalue weighted by Crippen LogP contribution is -2.43. The molecule has 0 atom stereocenters. The fourth-order valence-corrected chi connectivity index (χ4v) is 3.79. The van der Waals surface area contributed by atoms with E-state index in [2.05, 4.69) is 47.9 Å². The molecule has 3 heterocycles. The topological polar surface area (TPSA) is 58.3 Å². The molecule has 1 aromatic carbocycles. The lowest BCUT2D eigenvalue weighted by atomic mass is 10.0. The van der Waals surface area contributed by atoms with Gasteiger partial charge in [0.2, 0.25) is 5.95 Å². The van der Waals surface area contributed by atoms with Crippen LogP contribution in [0.3, 0.4) is 0 Å². The summed E-state index contributed by atoms with van der Waals surface area (Å²) in [4.78, 5) is 13.4. The number of aromatic nitrogens is 3. The Balaban J connectivity index is 1.39. The zero-order valence-electron chi connectivity index (χ0n) is 14.4. The lowest BCUT2D eigenvalue weighted by Gasteiger charge is -2.36. The second-order valence-corrected chi connectivity index (χ2v) is 7.96. The summed E-state index contributed by atoms with van der Waals surface area (Å²) in [5.41, 5.74) is 1.71. The fraction of sp³-hybridized carbons (Fsp3) is 0.389. The molecule has 0 unspecified atom stereocenters. The first-order valence-electron chi connectivity index (χ1n) is 8.57. The molecule has 1 saturated heterocycles. The smallest absolute Gasteiger partial charge is 0.225 e. The maximum absolute atomic E-state index is 6.11. The van der Waals surface area contributed by atoms with Crippen LogP contribution in [0.25, 0.3) is 11.0 Å².